The Morgan fingerprint density at radius 2 is 2.00 bits per heavy atom. The minimum Gasteiger partial charge on any atom is -0.476 e. The highest BCUT2D eigenvalue weighted by molar-refractivity contribution is 6.28. The number of benzene rings is 1. The van der Waals surface area contributed by atoms with Crippen molar-refractivity contribution in [3.63, 3.8) is 0 Å². The molecule has 2 N–H and O–H groups in total. The van der Waals surface area contributed by atoms with Crippen molar-refractivity contribution in [2.45, 2.75) is 0 Å². The Bertz CT molecular complexity index is 479. The molecule has 86 valence electrons. The van der Waals surface area contributed by atoms with Gasteiger partial charge in [0.1, 0.15) is 6.61 Å². The molecular weight excluding hydrogens is 249 g/mol. The Kier molecular flexibility index (Phi) is 4.73. The Labute approximate surface area is 104 Å². The monoisotopic (exact) mass is 259 g/mol. The first-order valence-corrected chi connectivity index (χ1v) is 4.94. The largest absolute Gasteiger partial charge is 0.476 e. The number of ether oxygens (including phenoxy) is 1. The van der Waals surface area contributed by atoms with Crippen LogP contribution in [0.15, 0.2) is 24.3 Å². The third-order valence-electron chi connectivity index (χ3n) is 1.90. The summed E-state index contributed by atoms with van der Waals surface area (Å²) in [6.45, 7) is 0.854. The first kappa shape index (κ1) is 13.0. The maximum atomic E-state index is 5.77. The standard InChI is InChI=1S/C10H10ClN3O.ClH/c11-10-13-8-4-2-1-3-7(8)9(14-10)15-6-5-12;/h1-4H,5-6,12H2;1H. The number of nitrogens with two attached hydrogens (primary N) is 1. The lowest BCUT2D eigenvalue weighted by Crippen LogP contribution is -2.11. The zero-order chi connectivity index (χ0) is 10.7. The van der Waals surface area contributed by atoms with Gasteiger partial charge in [0, 0.05) is 6.54 Å². The summed E-state index contributed by atoms with van der Waals surface area (Å²) in [6.07, 6.45) is 0. The minimum absolute atomic E-state index is 0. The highest BCUT2D eigenvalue weighted by Crippen LogP contribution is 2.23. The van der Waals surface area contributed by atoms with Gasteiger partial charge in [-0.25, -0.2) is 4.98 Å². The van der Waals surface area contributed by atoms with Gasteiger partial charge < -0.3 is 10.5 Å². The van der Waals surface area contributed by atoms with E-state index in [1.807, 2.05) is 24.3 Å². The van der Waals surface area contributed by atoms with Crippen molar-refractivity contribution < 1.29 is 4.74 Å². The van der Waals surface area contributed by atoms with Crippen molar-refractivity contribution >= 4 is 34.9 Å². The van der Waals surface area contributed by atoms with E-state index in [2.05, 4.69) is 9.97 Å². The van der Waals surface area contributed by atoms with Crippen molar-refractivity contribution in [1.29, 1.82) is 0 Å². The Balaban J connectivity index is 0.00000128. The molecule has 1 heterocycles. The topological polar surface area (TPSA) is 61.0 Å². The van der Waals surface area contributed by atoms with Crippen LogP contribution in [0.2, 0.25) is 5.28 Å². The second-order valence-electron chi connectivity index (χ2n) is 2.95. The second-order valence-corrected chi connectivity index (χ2v) is 3.29. The first-order chi connectivity index (χ1) is 7.31. The smallest absolute Gasteiger partial charge is 0.226 e. The summed E-state index contributed by atoms with van der Waals surface area (Å²) in [5.41, 5.74) is 6.13. The molecule has 0 atom stereocenters. The van der Waals surface area contributed by atoms with Crippen LogP contribution in [0.1, 0.15) is 0 Å². The molecule has 0 saturated heterocycles. The fourth-order valence-electron chi connectivity index (χ4n) is 1.29. The van der Waals surface area contributed by atoms with Gasteiger partial charge in [0.15, 0.2) is 0 Å². The molecule has 0 fully saturated rings. The number of rotatable bonds is 3. The van der Waals surface area contributed by atoms with Crippen LogP contribution in [0, 0.1) is 0 Å². The average Bonchev–Trinajstić information content (AvgIpc) is 2.25. The molecule has 0 amide bonds. The van der Waals surface area contributed by atoms with Crippen molar-refractivity contribution in [2.24, 2.45) is 5.73 Å². The number of halogens is 2. The molecule has 0 bridgehead atoms. The number of hydrogen-bond donors (Lipinski definition) is 1. The first-order valence-electron chi connectivity index (χ1n) is 4.56. The average molecular weight is 260 g/mol. The van der Waals surface area contributed by atoms with E-state index in [9.17, 15) is 0 Å². The molecule has 1 aromatic heterocycles. The maximum absolute atomic E-state index is 5.77. The third kappa shape index (κ3) is 2.72. The van der Waals surface area contributed by atoms with Gasteiger partial charge in [-0.3, -0.25) is 0 Å². The van der Waals surface area contributed by atoms with Gasteiger partial charge in [-0.2, -0.15) is 4.98 Å². The van der Waals surface area contributed by atoms with E-state index in [1.165, 1.54) is 0 Å². The normalized spacial score (nSPS) is 9.88. The van der Waals surface area contributed by atoms with Gasteiger partial charge in [-0.15, -0.1) is 12.4 Å². The van der Waals surface area contributed by atoms with Crippen molar-refractivity contribution in [3.8, 4) is 5.88 Å². The summed E-state index contributed by atoms with van der Waals surface area (Å²) in [6, 6.07) is 7.53. The highest BCUT2D eigenvalue weighted by atomic mass is 35.5. The van der Waals surface area contributed by atoms with Crippen LogP contribution in [-0.2, 0) is 0 Å². The summed E-state index contributed by atoms with van der Waals surface area (Å²) >= 11 is 5.77. The molecule has 0 spiro atoms. The Morgan fingerprint density at radius 3 is 2.75 bits per heavy atom. The molecule has 0 radical (unpaired) electrons. The van der Waals surface area contributed by atoms with E-state index in [4.69, 9.17) is 22.1 Å². The summed E-state index contributed by atoms with van der Waals surface area (Å²) in [4.78, 5) is 8.10. The Hall–Kier alpha value is -1.10. The zero-order valence-electron chi connectivity index (χ0n) is 8.39. The van der Waals surface area contributed by atoms with Crippen LogP contribution in [0.3, 0.4) is 0 Å². The van der Waals surface area contributed by atoms with Gasteiger partial charge in [-0.1, -0.05) is 12.1 Å². The third-order valence-corrected chi connectivity index (χ3v) is 2.07. The number of para-hydroxylation sites is 1. The molecule has 0 aliphatic rings. The van der Waals surface area contributed by atoms with Crippen LogP contribution in [-0.4, -0.2) is 23.1 Å². The van der Waals surface area contributed by atoms with E-state index in [0.717, 1.165) is 10.9 Å². The molecule has 0 aliphatic carbocycles. The SMILES string of the molecule is Cl.NCCOc1nc(Cl)nc2ccccc12. The molecule has 0 aliphatic heterocycles. The number of nitrogens with zero attached hydrogens (tertiary/aromatic N) is 2. The molecule has 6 heteroatoms. The molecule has 16 heavy (non-hydrogen) atoms. The van der Waals surface area contributed by atoms with E-state index >= 15 is 0 Å². The van der Waals surface area contributed by atoms with Gasteiger partial charge in [-0.05, 0) is 23.7 Å². The molecule has 1 aromatic carbocycles. The van der Waals surface area contributed by atoms with Crippen molar-refractivity contribution in [3.05, 3.63) is 29.5 Å². The van der Waals surface area contributed by atoms with Crippen LogP contribution in [0.5, 0.6) is 5.88 Å². The molecule has 0 saturated carbocycles. The minimum atomic E-state index is 0. The summed E-state index contributed by atoms with van der Waals surface area (Å²) in [5, 5.41) is 1.02. The predicted molar refractivity (Wildman–Crippen MR) is 66.3 cm³/mol. The van der Waals surface area contributed by atoms with E-state index < -0.39 is 0 Å². The Morgan fingerprint density at radius 1 is 1.25 bits per heavy atom. The summed E-state index contributed by atoms with van der Waals surface area (Å²) in [7, 11) is 0. The second kappa shape index (κ2) is 5.84. The van der Waals surface area contributed by atoms with Gasteiger partial charge >= 0.3 is 0 Å². The van der Waals surface area contributed by atoms with E-state index in [0.29, 0.717) is 19.0 Å². The van der Waals surface area contributed by atoms with Gasteiger partial charge in [0.25, 0.3) is 0 Å². The lowest BCUT2D eigenvalue weighted by atomic mass is 10.2. The van der Waals surface area contributed by atoms with E-state index in [-0.39, 0.29) is 17.7 Å². The quantitative estimate of drug-likeness (QED) is 0.858. The number of aromatic nitrogens is 2. The van der Waals surface area contributed by atoms with Crippen molar-refractivity contribution in [1.82, 2.24) is 9.97 Å². The summed E-state index contributed by atoms with van der Waals surface area (Å²) in [5.74, 6) is 0.482. The van der Waals surface area contributed by atoms with Crippen LogP contribution in [0.25, 0.3) is 10.9 Å². The zero-order valence-corrected chi connectivity index (χ0v) is 9.96. The maximum Gasteiger partial charge on any atom is 0.226 e. The lowest BCUT2D eigenvalue weighted by Gasteiger charge is -2.06. The summed E-state index contributed by atoms with van der Waals surface area (Å²) < 4.78 is 5.39. The van der Waals surface area contributed by atoms with Crippen LogP contribution >= 0.6 is 24.0 Å². The van der Waals surface area contributed by atoms with Gasteiger partial charge in [0.2, 0.25) is 11.2 Å². The fourth-order valence-corrected chi connectivity index (χ4v) is 1.45. The number of fused-ring (bicyclic) bond motifs is 1. The highest BCUT2D eigenvalue weighted by Gasteiger charge is 2.06. The van der Waals surface area contributed by atoms with E-state index in [1.54, 1.807) is 0 Å². The molecule has 4 nitrogen and oxygen atoms in total. The molecular formula is C10H11Cl2N3O. The molecule has 2 rings (SSSR count). The lowest BCUT2D eigenvalue weighted by molar-refractivity contribution is 0.319. The predicted octanol–water partition coefficient (Wildman–Crippen LogP) is 2.04. The van der Waals surface area contributed by atoms with Gasteiger partial charge in [0.05, 0.1) is 10.9 Å². The number of hydrogen-bond acceptors (Lipinski definition) is 4. The molecule has 0 unspecified atom stereocenters. The van der Waals surface area contributed by atoms with Crippen LogP contribution in [0.4, 0.5) is 0 Å². The van der Waals surface area contributed by atoms with Crippen LogP contribution < -0.4 is 10.5 Å². The van der Waals surface area contributed by atoms with Crippen molar-refractivity contribution in [2.75, 3.05) is 13.2 Å². The fraction of sp³-hybridized carbons (Fsp3) is 0.200. The molecule has 2 aromatic rings.